The average Bonchev–Trinajstić information content (AvgIpc) is 3.10. The second-order valence-electron chi connectivity index (χ2n) is 6.20. The number of nitrogens with two attached hydrogens (primary N) is 1. The first-order valence-electron chi connectivity index (χ1n) is 8.16. The van der Waals surface area contributed by atoms with Gasteiger partial charge in [0.1, 0.15) is 0 Å². The van der Waals surface area contributed by atoms with E-state index in [-0.39, 0.29) is 30.0 Å². The standard InChI is InChI=1S/C14H29N5O2S.HI/c1-3-18-8-4-6-12(18)10-16-14(15)17-11-13-7-5-9-19(13)22(2,20)21;/h12-13H,3-11H2,1-2H3,(H3,15,16,17);1H/t12?,13-;/m1./s1. The zero-order valence-electron chi connectivity index (χ0n) is 14.1. The van der Waals surface area contributed by atoms with Crippen molar-refractivity contribution >= 4 is 40.0 Å². The molecule has 2 aliphatic rings. The Bertz CT molecular complexity index is 499. The van der Waals surface area contributed by atoms with Gasteiger partial charge in [0.05, 0.1) is 12.8 Å². The molecule has 136 valence electrons. The first kappa shape index (κ1) is 20.9. The van der Waals surface area contributed by atoms with Gasteiger partial charge in [-0.05, 0) is 38.8 Å². The summed E-state index contributed by atoms with van der Waals surface area (Å²) in [6.07, 6.45) is 5.45. The number of hydrogen-bond acceptors (Lipinski definition) is 4. The molecule has 23 heavy (non-hydrogen) atoms. The van der Waals surface area contributed by atoms with E-state index in [1.807, 2.05) is 0 Å². The number of likely N-dealkylation sites (N-methyl/N-ethyl adjacent to an activating group) is 1. The summed E-state index contributed by atoms with van der Waals surface area (Å²) in [6.45, 7) is 6.24. The Balaban J connectivity index is 0.00000264. The van der Waals surface area contributed by atoms with E-state index in [0.717, 1.165) is 32.5 Å². The Morgan fingerprint density at radius 2 is 1.91 bits per heavy atom. The third kappa shape index (κ3) is 6.02. The van der Waals surface area contributed by atoms with E-state index in [1.165, 1.54) is 19.1 Å². The van der Waals surface area contributed by atoms with Gasteiger partial charge in [0.25, 0.3) is 0 Å². The molecular weight excluding hydrogens is 429 g/mol. The Hall–Kier alpha value is -0.130. The van der Waals surface area contributed by atoms with Crippen molar-refractivity contribution in [2.45, 2.75) is 44.7 Å². The lowest BCUT2D eigenvalue weighted by Crippen LogP contribution is -2.43. The molecule has 2 atom stereocenters. The van der Waals surface area contributed by atoms with E-state index in [0.29, 0.717) is 25.1 Å². The molecule has 1 unspecified atom stereocenters. The van der Waals surface area contributed by atoms with Crippen LogP contribution in [-0.4, -0.2) is 74.6 Å². The molecule has 0 aliphatic carbocycles. The molecular formula is C14H30IN5O2S. The first-order valence-corrected chi connectivity index (χ1v) is 10.0. The number of sulfonamides is 1. The molecule has 0 aromatic carbocycles. The van der Waals surface area contributed by atoms with Crippen LogP contribution in [0.3, 0.4) is 0 Å². The Labute approximate surface area is 157 Å². The van der Waals surface area contributed by atoms with Gasteiger partial charge in [-0.25, -0.2) is 8.42 Å². The number of likely N-dealkylation sites (tertiary alicyclic amines) is 1. The number of hydrogen-bond donors (Lipinski definition) is 2. The van der Waals surface area contributed by atoms with Crippen LogP contribution in [0.4, 0.5) is 0 Å². The van der Waals surface area contributed by atoms with Gasteiger partial charge < -0.3 is 11.1 Å². The van der Waals surface area contributed by atoms with Crippen LogP contribution in [0.25, 0.3) is 0 Å². The highest BCUT2D eigenvalue weighted by Gasteiger charge is 2.31. The van der Waals surface area contributed by atoms with Crippen LogP contribution in [0.15, 0.2) is 4.99 Å². The van der Waals surface area contributed by atoms with Crippen molar-refractivity contribution in [3.8, 4) is 0 Å². The van der Waals surface area contributed by atoms with Gasteiger partial charge >= 0.3 is 0 Å². The molecule has 0 saturated carbocycles. The summed E-state index contributed by atoms with van der Waals surface area (Å²) in [7, 11) is -3.14. The molecule has 0 aromatic rings. The molecule has 0 spiro atoms. The predicted octanol–water partition coefficient (Wildman–Crippen LogP) is 0.417. The van der Waals surface area contributed by atoms with Crippen molar-refractivity contribution in [2.24, 2.45) is 10.7 Å². The second kappa shape index (κ2) is 9.38. The molecule has 0 amide bonds. The summed E-state index contributed by atoms with van der Waals surface area (Å²) in [6, 6.07) is 0.478. The number of guanidine groups is 1. The molecule has 3 N–H and O–H groups in total. The van der Waals surface area contributed by atoms with Crippen LogP contribution < -0.4 is 11.1 Å². The fourth-order valence-corrected chi connectivity index (χ4v) is 4.63. The van der Waals surface area contributed by atoms with Crippen LogP contribution in [0, 0.1) is 0 Å². The number of aliphatic imine (C=N–C) groups is 1. The first-order chi connectivity index (χ1) is 10.4. The normalized spacial score (nSPS) is 27.1. The summed E-state index contributed by atoms with van der Waals surface area (Å²) in [5.74, 6) is 0.420. The van der Waals surface area contributed by atoms with E-state index >= 15 is 0 Å². The molecule has 7 nitrogen and oxygen atoms in total. The molecule has 0 aromatic heterocycles. The fourth-order valence-electron chi connectivity index (χ4n) is 3.45. The van der Waals surface area contributed by atoms with Gasteiger partial charge in [0.15, 0.2) is 5.96 Å². The van der Waals surface area contributed by atoms with Crippen LogP contribution >= 0.6 is 24.0 Å². The maximum atomic E-state index is 11.7. The molecule has 0 bridgehead atoms. The molecule has 2 rings (SSSR count). The topological polar surface area (TPSA) is 91.0 Å². The summed E-state index contributed by atoms with van der Waals surface area (Å²) in [5.41, 5.74) is 5.92. The van der Waals surface area contributed by atoms with Crippen molar-refractivity contribution in [1.82, 2.24) is 14.5 Å². The Morgan fingerprint density at radius 1 is 1.26 bits per heavy atom. The molecule has 2 aliphatic heterocycles. The van der Waals surface area contributed by atoms with Crippen LogP contribution in [-0.2, 0) is 10.0 Å². The van der Waals surface area contributed by atoms with Crippen molar-refractivity contribution < 1.29 is 8.42 Å². The molecule has 2 saturated heterocycles. The smallest absolute Gasteiger partial charge is 0.211 e. The molecule has 2 heterocycles. The largest absolute Gasteiger partial charge is 0.370 e. The summed E-state index contributed by atoms with van der Waals surface area (Å²) < 4.78 is 24.9. The van der Waals surface area contributed by atoms with Gasteiger partial charge in [-0.1, -0.05) is 6.92 Å². The fraction of sp³-hybridized carbons (Fsp3) is 0.929. The van der Waals surface area contributed by atoms with Crippen molar-refractivity contribution in [3.05, 3.63) is 0 Å². The van der Waals surface area contributed by atoms with E-state index < -0.39 is 10.0 Å². The minimum atomic E-state index is -3.14. The Morgan fingerprint density at radius 3 is 2.57 bits per heavy atom. The highest BCUT2D eigenvalue weighted by atomic mass is 127. The number of nitrogens with one attached hydrogen (secondary N) is 1. The van der Waals surface area contributed by atoms with Crippen molar-refractivity contribution in [2.75, 3.05) is 39.0 Å². The van der Waals surface area contributed by atoms with Crippen LogP contribution in [0.5, 0.6) is 0 Å². The summed E-state index contributed by atoms with van der Waals surface area (Å²) >= 11 is 0. The zero-order valence-corrected chi connectivity index (χ0v) is 17.2. The monoisotopic (exact) mass is 459 g/mol. The van der Waals surface area contributed by atoms with Gasteiger partial charge in [-0.2, -0.15) is 4.31 Å². The van der Waals surface area contributed by atoms with E-state index in [9.17, 15) is 8.42 Å². The SMILES string of the molecule is CCN1CCCC1CNC(N)=NC[C@H]1CCCN1S(C)(=O)=O.I. The maximum Gasteiger partial charge on any atom is 0.211 e. The minimum absolute atomic E-state index is 0. The minimum Gasteiger partial charge on any atom is -0.370 e. The van der Waals surface area contributed by atoms with Gasteiger partial charge in [-0.15, -0.1) is 24.0 Å². The third-order valence-corrected chi connectivity index (χ3v) is 5.98. The number of rotatable bonds is 6. The van der Waals surface area contributed by atoms with Gasteiger partial charge in [0, 0.05) is 25.2 Å². The Kier molecular flexibility index (Phi) is 8.53. The quantitative estimate of drug-likeness (QED) is 0.341. The van der Waals surface area contributed by atoms with E-state index in [2.05, 4.69) is 22.1 Å². The van der Waals surface area contributed by atoms with Gasteiger partial charge in [0.2, 0.25) is 10.0 Å². The van der Waals surface area contributed by atoms with Gasteiger partial charge in [-0.3, -0.25) is 9.89 Å². The summed E-state index contributed by atoms with van der Waals surface area (Å²) in [4.78, 5) is 6.79. The molecule has 2 fully saturated rings. The molecule has 0 radical (unpaired) electrons. The summed E-state index contributed by atoms with van der Waals surface area (Å²) in [5, 5.41) is 3.18. The number of nitrogens with zero attached hydrogens (tertiary/aromatic N) is 3. The number of halogens is 1. The lowest BCUT2D eigenvalue weighted by Gasteiger charge is -2.23. The maximum absolute atomic E-state index is 11.7. The molecule has 9 heteroatoms. The van der Waals surface area contributed by atoms with Crippen molar-refractivity contribution in [1.29, 1.82) is 0 Å². The predicted molar refractivity (Wildman–Crippen MR) is 105 cm³/mol. The lowest BCUT2D eigenvalue weighted by molar-refractivity contribution is 0.267. The zero-order chi connectivity index (χ0) is 16.2. The third-order valence-electron chi connectivity index (χ3n) is 4.65. The lowest BCUT2D eigenvalue weighted by atomic mass is 10.2. The van der Waals surface area contributed by atoms with Crippen LogP contribution in [0.2, 0.25) is 0 Å². The average molecular weight is 459 g/mol. The van der Waals surface area contributed by atoms with E-state index in [4.69, 9.17) is 5.73 Å². The highest BCUT2D eigenvalue weighted by molar-refractivity contribution is 14.0. The second-order valence-corrected chi connectivity index (χ2v) is 8.14. The van der Waals surface area contributed by atoms with E-state index in [1.54, 1.807) is 4.31 Å². The van der Waals surface area contributed by atoms with Crippen LogP contribution in [0.1, 0.15) is 32.6 Å². The highest BCUT2D eigenvalue weighted by Crippen LogP contribution is 2.20. The van der Waals surface area contributed by atoms with Crippen molar-refractivity contribution in [3.63, 3.8) is 0 Å².